The smallest absolute Gasteiger partial charge is 0.349 e. The number of aliphatic hydroxyl groups excluding tert-OH is 3. The fraction of sp³-hybridized carbons (Fsp3) is 0.348. The number of nitrogens with zero attached hydrogens (tertiary/aromatic N) is 4. The Bertz CT molecular complexity index is 1370. The van der Waals surface area contributed by atoms with Crippen LogP contribution in [0.3, 0.4) is 0 Å². The number of rotatable bonds is 9. The molecule has 0 saturated carbocycles. The van der Waals surface area contributed by atoms with E-state index in [2.05, 4.69) is 25.3 Å². The standard InChI is InChI=1S/C23H26N6O5/c1-13-10-16-17(11-15(13)25-8-5-14-4-2-3-7-24-14)29(12-19(32)18(31)6-9-30)21-20(26-16)22(33)28-23(34)27-21/h2-4,7,10-11,18-19,25,30-32H,5-6,8-9,12H2,1H3,(H,28,33,34)/t18-,19+/m1/s1. The zero-order valence-electron chi connectivity index (χ0n) is 18.6. The van der Waals surface area contributed by atoms with Crippen LogP contribution in [-0.2, 0) is 13.0 Å². The van der Waals surface area contributed by atoms with Gasteiger partial charge in [-0.3, -0.25) is 14.8 Å². The molecule has 34 heavy (non-hydrogen) atoms. The summed E-state index contributed by atoms with van der Waals surface area (Å²) >= 11 is 0. The lowest BCUT2D eigenvalue weighted by atomic mass is 10.1. The molecule has 11 nitrogen and oxygen atoms in total. The zero-order chi connectivity index (χ0) is 24.2. The molecule has 0 bridgehead atoms. The minimum Gasteiger partial charge on any atom is -0.396 e. The Morgan fingerprint density at radius 2 is 1.97 bits per heavy atom. The van der Waals surface area contributed by atoms with Crippen molar-refractivity contribution in [3.05, 3.63) is 68.6 Å². The predicted octanol–water partition coefficient (Wildman–Crippen LogP) is 0.0468. The van der Waals surface area contributed by atoms with Gasteiger partial charge in [-0.05, 0) is 43.2 Å². The third-order valence-corrected chi connectivity index (χ3v) is 5.62. The van der Waals surface area contributed by atoms with E-state index in [-0.39, 0.29) is 31.1 Å². The fourth-order valence-corrected chi connectivity index (χ4v) is 3.83. The number of aliphatic hydroxyl groups is 3. The summed E-state index contributed by atoms with van der Waals surface area (Å²) < 4.78 is 1.50. The molecule has 1 aromatic heterocycles. The summed E-state index contributed by atoms with van der Waals surface area (Å²) in [5.41, 5.74) is 2.05. The van der Waals surface area contributed by atoms with Gasteiger partial charge in [-0.2, -0.15) is 4.98 Å². The van der Waals surface area contributed by atoms with Gasteiger partial charge in [0.2, 0.25) is 0 Å². The van der Waals surface area contributed by atoms with E-state index in [1.54, 1.807) is 12.3 Å². The van der Waals surface area contributed by atoms with Crippen molar-refractivity contribution in [2.45, 2.75) is 38.5 Å². The third-order valence-electron chi connectivity index (χ3n) is 5.62. The van der Waals surface area contributed by atoms with E-state index in [0.717, 1.165) is 16.9 Å². The monoisotopic (exact) mass is 466 g/mol. The quantitative estimate of drug-likeness (QED) is 0.214. The van der Waals surface area contributed by atoms with Crippen LogP contribution >= 0.6 is 0 Å². The van der Waals surface area contributed by atoms with Gasteiger partial charge in [-0.25, -0.2) is 9.78 Å². The molecular weight excluding hydrogens is 440 g/mol. The average Bonchev–Trinajstić information content (AvgIpc) is 2.81. The van der Waals surface area contributed by atoms with E-state index >= 15 is 0 Å². The second kappa shape index (κ2) is 10.1. The molecular formula is C23H26N6O5. The number of hydrogen-bond donors (Lipinski definition) is 5. The van der Waals surface area contributed by atoms with Crippen molar-refractivity contribution < 1.29 is 15.3 Å². The van der Waals surface area contributed by atoms with Gasteiger partial charge in [-0.1, -0.05) is 6.07 Å². The number of aryl methyl sites for hydroxylation is 1. The van der Waals surface area contributed by atoms with Crippen LogP contribution in [0.15, 0.2) is 46.1 Å². The Morgan fingerprint density at radius 3 is 2.71 bits per heavy atom. The average molecular weight is 466 g/mol. The lowest BCUT2D eigenvalue weighted by molar-refractivity contribution is -0.00282. The molecule has 5 N–H and O–H groups in total. The molecule has 0 aliphatic carbocycles. The highest BCUT2D eigenvalue weighted by molar-refractivity contribution is 5.84. The normalized spacial score (nSPS) is 13.3. The molecule has 0 radical (unpaired) electrons. The molecule has 2 aromatic rings. The minimum atomic E-state index is -1.27. The number of aromatic nitrogens is 5. The van der Waals surface area contributed by atoms with Gasteiger partial charge in [0, 0.05) is 37.2 Å². The molecule has 178 valence electrons. The second-order valence-corrected chi connectivity index (χ2v) is 8.07. The highest BCUT2D eigenvalue weighted by Gasteiger charge is 2.24. The number of fused-ring (bicyclic) bond motifs is 2. The van der Waals surface area contributed by atoms with Crippen LogP contribution in [0.4, 0.5) is 5.69 Å². The number of anilines is 1. The lowest BCUT2D eigenvalue weighted by Crippen LogP contribution is -2.34. The topological polar surface area (TPSA) is 166 Å². The first kappa shape index (κ1) is 23.5. The number of benzene rings is 1. The van der Waals surface area contributed by atoms with Gasteiger partial charge in [-0.15, -0.1) is 0 Å². The van der Waals surface area contributed by atoms with Gasteiger partial charge in [0.1, 0.15) is 0 Å². The Balaban J connectivity index is 1.78. The van der Waals surface area contributed by atoms with Gasteiger partial charge < -0.3 is 25.2 Å². The molecule has 3 heterocycles. The summed E-state index contributed by atoms with van der Waals surface area (Å²) in [6.45, 7) is 2.06. The van der Waals surface area contributed by atoms with Crippen LogP contribution in [0.2, 0.25) is 0 Å². The van der Waals surface area contributed by atoms with Crippen molar-refractivity contribution in [2.24, 2.45) is 0 Å². The van der Waals surface area contributed by atoms with Crippen molar-refractivity contribution in [1.82, 2.24) is 24.5 Å². The first-order valence-corrected chi connectivity index (χ1v) is 10.9. The maximum absolute atomic E-state index is 12.4. The van der Waals surface area contributed by atoms with Crippen molar-refractivity contribution in [3.63, 3.8) is 0 Å². The largest absolute Gasteiger partial charge is 0.396 e. The van der Waals surface area contributed by atoms with E-state index in [1.807, 2.05) is 31.2 Å². The molecule has 2 aliphatic rings. The first-order valence-electron chi connectivity index (χ1n) is 10.9. The van der Waals surface area contributed by atoms with Crippen molar-refractivity contribution in [2.75, 3.05) is 18.5 Å². The summed E-state index contributed by atoms with van der Waals surface area (Å²) in [6.07, 6.45) is -0.0548. The van der Waals surface area contributed by atoms with Gasteiger partial charge in [0.15, 0.2) is 11.5 Å². The van der Waals surface area contributed by atoms with E-state index in [1.165, 1.54) is 4.57 Å². The number of pyridine rings is 1. The summed E-state index contributed by atoms with van der Waals surface area (Å²) in [6, 6.07) is 9.35. The van der Waals surface area contributed by atoms with Crippen LogP contribution in [-0.4, -0.2) is 65.2 Å². The van der Waals surface area contributed by atoms with Crippen LogP contribution < -0.4 is 16.6 Å². The van der Waals surface area contributed by atoms with E-state index in [0.29, 0.717) is 24.0 Å². The van der Waals surface area contributed by atoms with Crippen LogP contribution in [0.1, 0.15) is 17.7 Å². The Kier molecular flexibility index (Phi) is 6.96. The molecule has 11 heteroatoms. The van der Waals surface area contributed by atoms with Crippen LogP contribution in [0.25, 0.3) is 22.6 Å². The van der Waals surface area contributed by atoms with Gasteiger partial charge in [0.05, 0.1) is 29.8 Å². The Morgan fingerprint density at radius 1 is 1.15 bits per heavy atom. The first-order chi connectivity index (χ1) is 16.4. The van der Waals surface area contributed by atoms with Crippen LogP contribution in [0.5, 0.6) is 0 Å². The van der Waals surface area contributed by atoms with Crippen molar-refractivity contribution in [3.8, 4) is 11.5 Å². The fourth-order valence-electron chi connectivity index (χ4n) is 3.83. The minimum absolute atomic E-state index is 0.000197. The van der Waals surface area contributed by atoms with Crippen molar-refractivity contribution >= 4 is 16.7 Å². The molecule has 1 aromatic carbocycles. The molecule has 0 spiro atoms. The Hall–Kier alpha value is -3.67. The van der Waals surface area contributed by atoms with Crippen molar-refractivity contribution in [1.29, 1.82) is 0 Å². The van der Waals surface area contributed by atoms with E-state index < -0.39 is 23.5 Å². The maximum atomic E-state index is 12.4. The summed E-state index contributed by atoms with van der Waals surface area (Å²) in [4.78, 5) is 39.1. The third kappa shape index (κ3) is 4.96. The van der Waals surface area contributed by atoms with Crippen LogP contribution in [0, 0.1) is 6.92 Å². The molecule has 0 unspecified atom stereocenters. The number of hydrogen-bond acceptors (Lipinski definition) is 9. The highest BCUT2D eigenvalue weighted by atomic mass is 16.3. The Labute approximate surface area is 194 Å². The highest BCUT2D eigenvalue weighted by Crippen LogP contribution is 2.27. The van der Waals surface area contributed by atoms with Gasteiger partial charge in [0.25, 0.3) is 5.56 Å². The zero-order valence-corrected chi connectivity index (χ0v) is 18.6. The molecule has 2 aliphatic heterocycles. The van der Waals surface area contributed by atoms with E-state index in [4.69, 9.17) is 5.11 Å². The summed E-state index contributed by atoms with van der Waals surface area (Å²) in [7, 11) is 0. The molecule has 4 rings (SSSR count). The molecule has 0 fully saturated rings. The number of H-pyrrole nitrogens is 1. The SMILES string of the molecule is Cc1cc2nc3c(=O)[nH]c(=O)nc-3n(C[C@H](O)[C@H](O)CCO)c2cc1NCCc1ccccn1. The van der Waals surface area contributed by atoms with Gasteiger partial charge >= 0.3 is 5.69 Å². The summed E-state index contributed by atoms with van der Waals surface area (Å²) in [5, 5.41) is 33.2. The number of nitrogens with one attached hydrogen (secondary N) is 2. The predicted molar refractivity (Wildman–Crippen MR) is 126 cm³/mol. The number of aromatic amines is 1. The lowest BCUT2D eigenvalue weighted by Gasteiger charge is -2.23. The second-order valence-electron chi connectivity index (χ2n) is 8.07. The maximum Gasteiger partial charge on any atom is 0.349 e. The summed E-state index contributed by atoms with van der Waals surface area (Å²) in [5.74, 6) is -0.000197. The molecule has 2 atom stereocenters. The molecule has 0 saturated heterocycles. The molecule has 0 amide bonds. The van der Waals surface area contributed by atoms with E-state index in [9.17, 15) is 19.8 Å².